The van der Waals surface area contributed by atoms with E-state index in [9.17, 15) is 13.6 Å². The zero-order valence-electron chi connectivity index (χ0n) is 11.1. The molecule has 20 heavy (non-hydrogen) atoms. The zero-order valence-corrected chi connectivity index (χ0v) is 11.1. The third-order valence-electron chi connectivity index (χ3n) is 3.54. The van der Waals surface area contributed by atoms with Crippen molar-refractivity contribution in [2.75, 3.05) is 31.6 Å². The van der Waals surface area contributed by atoms with E-state index in [0.717, 1.165) is 44.1 Å². The summed E-state index contributed by atoms with van der Waals surface area (Å²) in [5.41, 5.74) is -0.139. The molecule has 1 amide bonds. The minimum Gasteiger partial charge on any atom is -0.396 e. The Morgan fingerprint density at radius 3 is 2.70 bits per heavy atom. The molecule has 0 unspecified atom stereocenters. The first kappa shape index (κ1) is 14.9. The maximum Gasteiger partial charge on any atom is 0.238 e. The number of anilines is 1. The molecule has 2 N–H and O–H groups in total. The minimum absolute atomic E-state index is 0.139. The lowest BCUT2D eigenvalue weighted by Crippen LogP contribution is -2.39. The van der Waals surface area contributed by atoms with Crippen LogP contribution in [0.4, 0.5) is 14.5 Å². The number of carbonyl (C=O) groups excluding carboxylic acids is 1. The van der Waals surface area contributed by atoms with Crippen molar-refractivity contribution in [3.8, 4) is 0 Å². The van der Waals surface area contributed by atoms with Crippen LogP contribution in [0, 0.1) is 17.6 Å². The van der Waals surface area contributed by atoms with Gasteiger partial charge in [0.25, 0.3) is 0 Å². The van der Waals surface area contributed by atoms with Crippen molar-refractivity contribution in [2.24, 2.45) is 5.92 Å². The van der Waals surface area contributed by atoms with Crippen molar-refractivity contribution in [3.05, 3.63) is 29.8 Å². The van der Waals surface area contributed by atoms with E-state index in [1.54, 1.807) is 0 Å². The van der Waals surface area contributed by atoms with Crippen LogP contribution in [0.1, 0.15) is 12.8 Å². The van der Waals surface area contributed by atoms with Crippen molar-refractivity contribution in [1.29, 1.82) is 0 Å². The highest BCUT2D eigenvalue weighted by molar-refractivity contribution is 5.92. The number of hydrogen-bond acceptors (Lipinski definition) is 3. The summed E-state index contributed by atoms with van der Waals surface area (Å²) < 4.78 is 26.4. The van der Waals surface area contributed by atoms with Crippen molar-refractivity contribution in [1.82, 2.24) is 4.90 Å². The summed E-state index contributed by atoms with van der Waals surface area (Å²) >= 11 is 0. The summed E-state index contributed by atoms with van der Waals surface area (Å²) in [6.07, 6.45) is 1.69. The van der Waals surface area contributed by atoms with Gasteiger partial charge in [0.05, 0.1) is 12.2 Å². The molecule has 1 aliphatic rings. The molecule has 4 nitrogen and oxygen atoms in total. The lowest BCUT2D eigenvalue weighted by atomic mass is 9.98. The molecular weight excluding hydrogens is 266 g/mol. The van der Waals surface area contributed by atoms with Gasteiger partial charge in [0, 0.05) is 12.7 Å². The highest BCUT2D eigenvalue weighted by atomic mass is 19.1. The van der Waals surface area contributed by atoms with Gasteiger partial charge in [-0.15, -0.1) is 0 Å². The molecule has 6 heteroatoms. The van der Waals surface area contributed by atoms with Gasteiger partial charge in [-0.25, -0.2) is 8.78 Å². The number of carbonyl (C=O) groups is 1. The molecule has 2 rings (SSSR count). The molecule has 0 saturated carbocycles. The standard InChI is InChI=1S/C14H18F2N2O2/c15-11-1-2-12(16)13(7-11)17-14(20)8-18-5-3-10(9-19)4-6-18/h1-2,7,10,19H,3-6,8-9H2,(H,17,20). The first-order chi connectivity index (χ1) is 9.58. The second kappa shape index (κ2) is 6.76. The summed E-state index contributed by atoms with van der Waals surface area (Å²) in [5, 5.41) is 11.4. The maximum atomic E-state index is 13.4. The van der Waals surface area contributed by atoms with Crippen molar-refractivity contribution < 1.29 is 18.7 Å². The second-order valence-electron chi connectivity index (χ2n) is 5.07. The Morgan fingerprint density at radius 1 is 1.35 bits per heavy atom. The van der Waals surface area contributed by atoms with Gasteiger partial charge in [-0.2, -0.15) is 0 Å². The van der Waals surface area contributed by atoms with E-state index in [1.165, 1.54) is 0 Å². The fourth-order valence-corrected chi connectivity index (χ4v) is 2.31. The van der Waals surface area contributed by atoms with Crippen LogP contribution in [-0.2, 0) is 4.79 Å². The van der Waals surface area contributed by atoms with E-state index in [2.05, 4.69) is 5.32 Å². The molecule has 0 bridgehead atoms. The van der Waals surface area contributed by atoms with E-state index in [-0.39, 0.29) is 24.7 Å². The van der Waals surface area contributed by atoms with Gasteiger partial charge in [-0.3, -0.25) is 9.69 Å². The normalized spacial score (nSPS) is 17.1. The van der Waals surface area contributed by atoms with E-state index in [0.29, 0.717) is 5.92 Å². The molecule has 0 radical (unpaired) electrons. The highest BCUT2D eigenvalue weighted by Gasteiger charge is 2.20. The molecule has 110 valence electrons. The second-order valence-corrected chi connectivity index (χ2v) is 5.07. The molecule has 1 saturated heterocycles. The molecule has 1 aliphatic heterocycles. The SMILES string of the molecule is O=C(CN1CCC(CO)CC1)Nc1cc(F)ccc1F. The van der Waals surface area contributed by atoms with Crippen LogP contribution in [0.15, 0.2) is 18.2 Å². The van der Waals surface area contributed by atoms with Crippen LogP contribution < -0.4 is 5.32 Å². The Balaban J connectivity index is 1.85. The molecule has 1 fully saturated rings. The maximum absolute atomic E-state index is 13.4. The van der Waals surface area contributed by atoms with Gasteiger partial charge in [0.2, 0.25) is 5.91 Å². The van der Waals surface area contributed by atoms with E-state index >= 15 is 0 Å². The highest BCUT2D eigenvalue weighted by Crippen LogP contribution is 2.17. The molecule has 0 spiro atoms. The van der Waals surface area contributed by atoms with Crippen LogP contribution in [0.3, 0.4) is 0 Å². The monoisotopic (exact) mass is 284 g/mol. The van der Waals surface area contributed by atoms with Crippen molar-refractivity contribution in [2.45, 2.75) is 12.8 Å². The van der Waals surface area contributed by atoms with Gasteiger partial charge >= 0.3 is 0 Å². The summed E-state index contributed by atoms with van der Waals surface area (Å²) in [6.45, 7) is 1.78. The van der Waals surface area contributed by atoms with Gasteiger partial charge < -0.3 is 10.4 Å². The third-order valence-corrected chi connectivity index (χ3v) is 3.54. The number of amides is 1. The Hall–Kier alpha value is -1.53. The lowest BCUT2D eigenvalue weighted by molar-refractivity contribution is -0.117. The number of benzene rings is 1. The quantitative estimate of drug-likeness (QED) is 0.883. The Kier molecular flexibility index (Phi) is 5.03. The number of aliphatic hydroxyl groups is 1. The Bertz CT molecular complexity index is 474. The van der Waals surface area contributed by atoms with Crippen LogP contribution >= 0.6 is 0 Å². The molecular formula is C14H18F2N2O2. The number of hydrogen-bond donors (Lipinski definition) is 2. The van der Waals surface area contributed by atoms with Gasteiger partial charge in [-0.05, 0) is 44.0 Å². The third kappa shape index (κ3) is 3.98. The number of aliphatic hydroxyl groups excluding tert-OH is 1. The predicted molar refractivity (Wildman–Crippen MR) is 71.2 cm³/mol. The van der Waals surface area contributed by atoms with Crippen molar-refractivity contribution in [3.63, 3.8) is 0 Å². The van der Waals surface area contributed by atoms with E-state index < -0.39 is 11.6 Å². The predicted octanol–water partition coefficient (Wildman–Crippen LogP) is 1.61. The van der Waals surface area contributed by atoms with Crippen LogP contribution in [0.25, 0.3) is 0 Å². The lowest BCUT2D eigenvalue weighted by Gasteiger charge is -2.30. The molecule has 0 atom stereocenters. The van der Waals surface area contributed by atoms with Crippen LogP contribution in [0.5, 0.6) is 0 Å². The number of nitrogens with one attached hydrogen (secondary N) is 1. The van der Waals surface area contributed by atoms with Crippen LogP contribution in [0.2, 0.25) is 0 Å². The average Bonchev–Trinajstić information content (AvgIpc) is 2.43. The summed E-state index contributed by atoms with van der Waals surface area (Å²) in [4.78, 5) is 13.7. The minimum atomic E-state index is -0.654. The number of piperidine rings is 1. The number of halogens is 2. The molecule has 1 heterocycles. The smallest absolute Gasteiger partial charge is 0.238 e. The van der Waals surface area contributed by atoms with Gasteiger partial charge in [0.1, 0.15) is 11.6 Å². The summed E-state index contributed by atoms with van der Waals surface area (Å²) in [6, 6.07) is 2.95. The average molecular weight is 284 g/mol. The van der Waals surface area contributed by atoms with E-state index in [1.807, 2.05) is 4.90 Å². The fraction of sp³-hybridized carbons (Fsp3) is 0.500. The summed E-state index contributed by atoms with van der Waals surface area (Å²) in [7, 11) is 0. The number of nitrogens with zero attached hydrogens (tertiary/aromatic N) is 1. The van der Waals surface area contributed by atoms with Crippen molar-refractivity contribution >= 4 is 11.6 Å². The van der Waals surface area contributed by atoms with E-state index in [4.69, 9.17) is 5.11 Å². The fourth-order valence-electron chi connectivity index (χ4n) is 2.31. The molecule has 1 aromatic carbocycles. The largest absolute Gasteiger partial charge is 0.396 e. The topological polar surface area (TPSA) is 52.6 Å². The van der Waals surface area contributed by atoms with Crippen LogP contribution in [-0.4, -0.2) is 42.2 Å². The summed E-state index contributed by atoms with van der Waals surface area (Å²) in [5.74, 6) is -1.31. The first-order valence-corrected chi connectivity index (χ1v) is 6.66. The van der Waals surface area contributed by atoms with Gasteiger partial charge in [0.15, 0.2) is 0 Å². The molecule has 0 aliphatic carbocycles. The first-order valence-electron chi connectivity index (χ1n) is 6.66. The molecule has 0 aromatic heterocycles. The number of rotatable bonds is 4. The Morgan fingerprint density at radius 2 is 2.05 bits per heavy atom. The number of likely N-dealkylation sites (tertiary alicyclic amines) is 1. The molecule has 1 aromatic rings. The van der Waals surface area contributed by atoms with Gasteiger partial charge in [-0.1, -0.05) is 0 Å². The zero-order chi connectivity index (χ0) is 14.5. The Labute approximate surface area is 116 Å².